The third-order valence-corrected chi connectivity index (χ3v) is 2.81. The molecule has 88 valence electrons. The summed E-state index contributed by atoms with van der Waals surface area (Å²) in [4.78, 5) is 8.96. The fraction of sp³-hybridized carbons (Fsp3) is 0.667. The van der Waals surface area contributed by atoms with Gasteiger partial charge in [0.05, 0.1) is 17.6 Å². The fourth-order valence-corrected chi connectivity index (χ4v) is 1.58. The lowest BCUT2D eigenvalue weighted by Gasteiger charge is -2.11. The zero-order valence-electron chi connectivity index (χ0n) is 10.2. The molecule has 1 heterocycles. The van der Waals surface area contributed by atoms with Crippen molar-refractivity contribution in [1.82, 2.24) is 15.3 Å². The molecule has 1 aromatic rings. The van der Waals surface area contributed by atoms with E-state index in [1.807, 2.05) is 13.2 Å². The van der Waals surface area contributed by atoms with Gasteiger partial charge in [0.25, 0.3) is 0 Å². The maximum absolute atomic E-state index is 4.61. The molecule has 1 saturated carbocycles. The molecule has 2 rings (SSSR count). The smallest absolute Gasteiger partial charge is 0.131 e. The van der Waals surface area contributed by atoms with Gasteiger partial charge in [-0.15, -0.1) is 0 Å². The lowest BCUT2D eigenvalue weighted by atomic mass is 10.2. The summed E-state index contributed by atoms with van der Waals surface area (Å²) >= 11 is 0. The molecule has 0 amide bonds. The third-order valence-electron chi connectivity index (χ3n) is 2.81. The van der Waals surface area contributed by atoms with Crippen LogP contribution in [0.25, 0.3) is 0 Å². The van der Waals surface area contributed by atoms with Gasteiger partial charge in [-0.25, -0.2) is 9.97 Å². The predicted octanol–water partition coefficient (Wildman–Crippen LogP) is 1.89. The van der Waals surface area contributed by atoms with Crippen molar-refractivity contribution in [2.75, 3.05) is 12.4 Å². The van der Waals surface area contributed by atoms with Gasteiger partial charge in [-0.3, -0.25) is 0 Å². The average Bonchev–Trinajstić information content (AvgIpc) is 3.09. The summed E-state index contributed by atoms with van der Waals surface area (Å²) < 4.78 is 0. The van der Waals surface area contributed by atoms with E-state index in [-0.39, 0.29) is 0 Å². The van der Waals surface area contributed by atoms with Crippen molar-refractivity contribution in [3.63, 3.8) is 0 Å². The Balaban J connectivity index is 2.12. The summed E-state index contributed by atoms with van der Waals surface area (Å²) in [7, 11) is 1.91. The quantitative estimate of drug-likeness (QED) is 0.795. The highest BCUT2D eigenvalue weighted by Gasteiger charge is 2.21. The highest BCUT2D eigenvalue weighted by molar-refractivity contribution is 5.45. The van der Waals surface area contributed by atoms with Crippen LogP contribution in [0, 0.1) is 0 Å². The maximum atomic E-state index is 4.61. The van der Waals surface area contributed by atoms with Crippen molar-refractivity contribution in [3.05, 3.63) is 17.7 Å². The van der Waals surface area contributed by atoms with Crippen LogP contribution >= 0.6 is 0 Å². The molecular formula is C12H20N4. The standard InChI is InChI=1S/C12H20N4/c1-8(2)12-15-6-10(13-3)11(16-12)7-14-9-4-5-9/h6,8-9,13-14H,4-5,7H2,1-3H3. The molecule has 0 aliphatic heterocycles. The second-order valence-electron chi connectivity index (χ2n) is 4.65. The summed E-state index contributed by atoms with van der Waals surface area (Å²) in [5.74, 6) is 1.30. The molecule has 4 heteroatoms. The minimum Gasteiger partial charge on any atom is -0.385 e. The summed E-state index contributed by atoms with van der Waals surface area (Å²) in [6.07, 6.45) is 4.49. The van der Waals surface area contributed by atoms with Crippen LogP contribution < -0.4 is 10.6 Å². The van der Waals surface area contributed by atoms with Gasteiger partial charge in [0, 0.05) is 25.6 Å². The maximum Gasteiger partial charge on any atom is 0.131 e. The van der Waals surface area contributed by atoms with E-state index in [2.05, 4.69) is 34.4 Å². The van der Waals surface area contributed by atoms with Crippen LogP contribution in [0.1, 0.15) is 44.1 Å². The summed E-state index contributed by atoms with van der Waals surface area (Å²) in [6.45, 7) is 5.07. The fourth-order valence-electron chi connectivity index (χ4n) is 1.58. The third kappa shape index (κ3) is 2.70. The van der Waals surface area contributed by atoms with Crippen LogP contribution in [0.5, 0.6) is 0 Å². The minimum atomic E-state index is 0.380. The van der Waals surface area contributed by atoms with Crippen molar-refractivity contribution in [1.29, 1.82) is 0 Å². The van der Waals surface area contributed by atoms with Gasteiger partial charge in [0.2, 0.25) is 0 Å². The summed E-state index contributed by atoms with van der Waals surface area (Å²) in [6, 6.07) is 0.710. The molecule has 1 aromatic heterocycles. The molecule has 0 aromatic carbocycles. The predicted molar refractivity (Wildman–Crippen MR) is 65.5 cm³/mol. The Kier molecular flexibility index (Phi) is 3.39. The van der Waals surface area contributed by atoms with E-state index in [1.165, 1.54) is 12.8 Å². The molecule has 0 unspecified atom stereocenters. The van der Waals surface area contributed by atoms with Gasteiger partial charge < -0.3 is 10.6 Å². The van der Waals surface area contributed by atoms with Crippen molar-refractivity contribution in [3.8, 4) is 0 Å². The number of nitrogens with zero attached hydrogens (tertiary/aromatic N) is 2. The number of rotatable bonds is 5. The highest BCUT2D eigenvalue weighted by Crippen LogP contribution is 2.21. The number of hydrogen-bond donors (Lipinski definition) is 2. The van der Waals surface area contributed by atoms with Crippen LogP contribution in [-0.2, 0) is 6.54 Å². The average molecular weight is 220 g/mol. The van der Waals surface area contributed by atoms with Gasteiger partial charge in [0.15, 0.2) is 0 Å². The Hall–Kier alpha value is -1.16. The van der Waals surface area contributed by atoms with Crippen LogP contribution in [0.2, 0.25) is 0 Å². The molecule has 4 nitrogen and oxygen atoms in total. The van der Waals surface area contributed by atoms with Crippen LogP contribution in [0.3, 0.4) is 0 Å². The topological polar surface area (TPSA) is 49.8 Å². The number of anilines is 1. The van der Waals surface area contributed by atoms with Gasteiger partial charge in [0.1, 0.15) is 5.82 Å². The van der Waals surface area contributed by atoms with E-state index in [9.17, 15) is 0 Å². The first-order chi connectivity index (χ1) is 7.70. The summed E-state index contributed by atoms with van der Waals surface area (Å²) in [5, 5.41) is 6.62. The second-order valence-corrected chi connectivity index (χ2v) is 4.65. The number of hydrogen-bond acceptors (Lipinski definition) is 4. The Labute approximate surface area is 96.9 Å². The Morgan fingerprint density at radius 1 is 1.44 bits per heavy atom. The Morgan fingerprint density at radius 3 is 2.75 bits per heavy atom. The monoisotopic (exact) mass is 220 g/mol. The minimum absolute atomic E-state index is 0.380. The zero-order valence-corrected chi connectivity index (χ0v) is 10.2. The molecule has 1 aliphatic carbocycles. The highest BCUT2D eigenvalue weighted by atomic mass is 15.0. The summed E-state index contributed by atoms with van der Waals surface area (Å²) in [5.41, 5.74) is 2.10. The van der Waals surface area contributed by atoms with Gasteiger partial charge in [-0.1, -0.05) is 13.8 Å². The molecule has 0 radical (unpaired) electrons. The zero-order chi connectivity index (χ0) is 11.5. The Morgan fingerprint density at radius 2 is 2.19 bits per heavy atom. The lowest BCUT2D eigenvalue weighted by molar-refractivity contribution is 0.661. The lowest BCUT2D eigenvalue weighted by Crippen LogP contribution is -2.18. The van der Waals surface area contributed by atoms with Gasteiger partial charge in [-0.2, -0.15) is 0 Å². The molecule has 0 atom stereocenters. The van der Waals surface area contributed by atoms with E-state index < -0.39 is 0 Å². The van der Waals surface area contributed by atoms with Gasteiger partial charge >= 0.3 is 0 Å². The molecule has 2 N–H and O–H groups in total. The van der Waals surface area contributed by atoms with E-state index in [4.69, 9.17) is 0 Å². The van der Waals surface area contributed by atoms with Crippen molar-refractivity contribution in [2.45, 2.75) is 45.2 Å². The van der Waals surface area contributed by atoms with Crippen molar-refractivity contribution < 1.29 is 0 Å². The first-order valence-electron chi connectivity index (χ1n) is 5.97. The normalized spacial score (nSPS) is 15.5. The molecule has 1 aliphatic rings. The first-order valence-corrected chi connectivity index (χ1v) is 5.97. The second kappa shape index (κ2) is 4.78. The van der Waals surface area contributed by atoms with Crippen LogP contribution in [-0.4, -0.2) is 23.1 Å². The van der Waals surface area contributed by atoms with Crippen molar-refractivity contribution >= 4 is 5.69 Å². The van der Waals surface area contributed by atoms with Crippen molar-refractivity contribution in [2.24, 2.45) is 0 Å². The number of aromatic nitrogens is 2. The van der Waals surface area contributed by atoms with Gasteiger partial charge in [-0.05, 0) is 12.8 Å². The molecule has 0 bridgehead atoms. The van der Waals surface area contributed by atoms with Crippen LogP contribution in [0.4, 0.5) is 5.69 Å². The molecule has 16 heavy (non-hydrogen) atoms. The number of nitrogens with one attached hydrogen (secondary N) is 2. The SMILES string of the molecule is CNc1cnc(C(C)C)nc1CNC1CC1. The molecule has 1 fully saturated rings. The van der Waals surface area contributed by atoms with E-state index in [0.29, 0.717) is 12.0 Å². The molecule has 0 saturated heterocycles. The molecular weight excluding hydrogens is 200 g/mol. The van der Waals surface area contributed by atoms with Crippen LogP contribution in [0.15, 0.2) is 6.20 Å². The van der Waals surface area contributed by atoms with E-state index in [0.717, 1.165) is 23.8 Å². The first kappa shape index (κ1) is 11.3. The Bertz CT molecular complexity index is 358. The van der Waals surface area contributed by atoms with E-state index in [1.54, 1.807) is 0 Å². The largest absolute Gasteiger partial charge is 0.385 e. The van der Waals surface area contributed by atoms with E-state index >= 15 is 0 Å². The molecule has 0 spiro atoms.